The molecule has 0 rings (SSSR count). The van der Waals surface area contributed by atoms with Crippen molar-refractivity contribution >= 4 is 5.97 Å². The van der Waals surface area contributed by atoms with Gasteiger partial charge in [0, 0.05) is 13.0 Å². The molecule has 0 aliphatic heterocycles. The van der Waals surface area contributed by atoms with Gasteiger partial charge in [-0.05, 0) is 6.42 Å². The summed E-state index contributed by atoms with van der Waals surface area (Å²) < 4.78 is 4.87. The van der Waals surface area contributed by atoms with Crippen LogP contribution in [0.1, 0.15) is 71.1 Å². The van der Waals surface area contributed by atoms with Crippen molar-refractivity contribution < 1.29 is 19.7 Å². The molecular weight excluding hydrogens is 244 g/mol. The first-order valence-electron chi connectivity index (χ1n) is 7.65. The molecule has 0 aliphatic carbocycles. The van der Waals surface area contributed by atoms with E-state index in [0.717, 1.165) is 12.8 Å². The van der Waals surface area contributed by atoms with Gasteiger partial charge in [0.1, 0.15) is 0 Å². The van der Waals surface area contributed by atoms with Gasteiger partial charge in [0.2, 0.25) is 0 Å². The van der Waals surface area contributed by atoms with E-state index < -0.39 is 6.10 Å². The highest BCUT2D eigenvalue weighted by Gasteiger charge is 2.11. The van der Waals surface area contributed by atoms with Crippen molar-refractivity contribution in [2.75, 3.05) is 13.2 Å². The molecule has 0 aromatic heterocycles. The van der Waals surface area contributed by atoms with Crippen LogP contribution < -0.4 is 0 Å². The van der Waals surface area contributed by atoms with Crippen molar-refractivity contribution in [3.8, 4) is 0 Å². The summed E-state index contributed by atoms with van der Waals surface area (Å²) in [7, 11) is 0. The lowest BCUT2D eigenvalue weighted by molar-refractivity contribution is -0.146. The second kappa shape index (κ2) is 13.8. The Morgan fingerprint density at radius 1 is 1.05 bits per heavy atom. The molecule has 0 aromatic carbocycles. The van der Waals surface area contributed by atoms with Gasteiger partial charge in [-0.3, -0.25) is 4.79 Å². The monoisotopic (exact) mass is 274 g/mol. The number of carbonyl (C=O) groups is 1. The lowest BCUT2D eigenvalue weighted by Gasteiger charge is -2.10. The van der Waals surface area contributed by atoms with Crippen LogP contribution in [0.4, 0.5) is 0 Å². The summed E-state index contributed by atoms with van der Waals surface area (Å²) in [6.45, 7) is 2.46. The van der Waals surface area contributed by atoms with Crippen molar-refractivity contribution in [2.45, 2.75) is 77.2 Å². The van der Waals surface area contributed by atoms with Crippen LogP contribution in [0.5, 0.6) is 0 Å². The van der Waals surface area contributed by atoms with Gasteiger partial charge in [-0.2, -0.15) is 0 Å². The maximum Gasteiger partial charge on any atom is 0.308 e. The standard InChI is InChI=1S/C15H30O4/c1-2-3-4-5-6-7-8-10-14(17)13-15(18)19-12-9-11-16/h14,16-17H,2-13H2,1H3. The average molecular weight is 274 g/mol. The molecule has 0 aromatic rings. The number of carbonyl (C=O) groups excluding carboxylic acids is 1. The average Bonchev–Trinajstić information content (AvgIpc) is 2.38. The fraction of sp³-hybridized carbons (Fsp3) is 0.933. The van der Waals surface area contributed by atoms with Crippen LogP contribution >= 0.6 is 0 Å². The molecule has 0 bridgehead atoms. The normalized spacial score (nSPS) is 12.4. The molecular formula is C15H30O4. The Morgan fingerprint density at radius 3 is 2.32 bits per heavy atom. The fourth-order valence-electron chi connectivity index (χ4n) is 1.94. The molecule has 1 unspecified atom stereocenters. The molecule has 0 heterocycles. The second-order valence-electron chi connectivity index (χ2n) is 5.07. The van der Waals surface area contributed by atoms with E-state index in [1.165, 1.54) is 32.1 Å². The zero-order chi connectivity index (χ0) is 14.3. The molecule has 0 spiro atoms. The predicted octanol–water partition coefficient (Wildman–Crippen LogP) is 2.80. The first kappa shape index (κ1) is 18.4. The number of unbranched alkanes of at least 4 members (excludes halogenated alkanes) is 6. The molecule has 1 atom stereocenters. The Labute approximate surface area is 117 Å². The minimum absolute atomic E-state index is 0.0217. The van der Waals surface area contributed by atoms with Crippen molar-refractivity contribution in [3.05, 3.63) is 0 Å². The van der Waals surface area contributed by atoms with Crippen molar-refractivity contribution in [3.63, 3.8) is 0 Å². The minimum Gasteiger partial charge on any atom is -0.466 e. The third-order valence-electron chi connectivity index (χ3n) is 3.11. The Balaban J connectivity index is 3.33. The van der Waals surface area contributed by atoms with E-state index in [1.54, 1.807) is 0 Å². The summed E-state index contributed by atoms with van der Waals surface area (Å²) >= 11 is 0. The molecule has 0 saturated heterocycles. The fourth-order valence-corrected chi connectivity index (χ4v) is 1.94. The molecule has 0 saturated carbocycles. The van der Waals surface area contributed by atoms with E-state index in [-0.39, 0.29) is 25.6 Å². The first-order valence-corrected chi connectivity index (χ1v) is 7.65. The van der Waals surface area contributed by atoms with Gasteiger partial charge < -0.3 is 14.9 Å². The smallest absolute Gasteiger partial charge is 0.308 e. The largest absolute Gasteiger partial charge is 0.466 e. The summed E-state index contributed by atoms with van der Waals surface area (Å²) in [5.74, 6) is -0.371. The molecule has 4 heteroatoms. The Kier molecular flexibility index (Phi) is 13.4. The highest BCUT2D eigenvalue weighted by molar-refractivity contribution is 5.69. The quantitative estimate of drug-likeness (QED) is 0.400. The summed E-state index contributed by atoms with van der Waals surface area (Å²) in [6, 6.07) is 0. The molecule has 114 valence electrons. The highest BCUT2D eigenvalue weighted by atomic mass is 16.5. The van der Waals surface area contributed by atoms with E-state index >= 15 is 0 Å². The van der Waals surface area contributed by atoms with Crippen molar-refractivity contribution in [1.29, 1.82) is 0 Å². The van der Waals surface area contributed by atoms with Gasteiger partial charge in [-0.1, -0.05) is 51.9 Å². The van der Waals surface area contributed by atoms with Crippen LogP contribution in [-0.2, 0) is 9.53 Å². The summed E-state index contributed by atoms with van der Waals surface area (Å²) in [5, 5.41) is 18.2. The maximum atomic E-state index is 11.3. The second-order valence-corrected chi connectivity index (χ2v) is 5.07. The number of aliphatic hydroxyl groups excluding tert-OH is 2. The highest BCUT2D eigenvalue weighted by Crippen LogP contribution is 2.11. The number of aliphatic hydroxyl groups is 2. The van der Waals surface area contributed by atoms with Crippen LogP contribution in [0.15, 0.2) is 0 Å². The summed E-state index contributed by atoms with van der Waals surface area (Å²) in [4.78, 5) is 11.3. The van der Waals surface area contributed by atoms with Crippen molar-refractivity contribution in [1.82, 2.24) is 0 Å². The van der Waals surface area contributed by atoms with Crippen LogP contribution in [0.25, 0.3) is 0 Å². The molecule has 0 amide bonds. The van der Waals surface area contributed by atoms with Crippen LogP contribution in [-0.4, -0.2) is 35.5 Å². The van der Waals surface area contributed by atoms with E-state index in [1.807, 2.05) is 0 Å². The van der Waals surface area contributed by atoms with Crippen LogP contribution in [0, 0.1) is 0 Å². The number of ether oxygens (including phenoxy) is 1. The lowest BCUT2D eigenvalue weighted by Crippen LogP contribution is -2.16. The van der Waals surface area contributed by atoms with Gasteiger partial charge in [-0.25, -0.2) is 0 Å². The van der Waals surface area contributed by atoms with E-state index in [4.69, 9.17) is 9.84 Å². The molecule has 0 fully saturated rings. The third kappa shape index (κ3) is 13.6. The minimum atomic E-state index is -0.586. The summed E-state index contributed by atoms with van der Waals surface area (Å²) in [5.41, 5.74) is 0. The van der Waals surface area contributed by atoms with Gasteiger partial charge >= 0.3 is 5.97 Å². The number of hydrogen-bond donors (Lipinski definition) is 2. The molecule has 0 aliphatic rings. The number of hydrogen-bond acceptors (Lipinski definition) is 4. The summed E-state index contributed by atoms with van der Waals surface area (Å²) in [6.07, 6.45) is 9.06. The molecule has 4 nitrogen and oxygen atoms in total. The van der Waals surface area contributed by atoms with Gasteiger partial charge in [0.15, 0.2) is 0 Å². The lowest BCUT2D eigenvalue weighted by atomic mass is 10.1. The third-order valence-corrected chi connectivity index (χ3v) is 3.11. The zero-order valence-corrected chi connectivity index (χ0v) is 12.3. The number of rotatable bonds is 13. The van der Waals surface area contributed by atoms with Crippen LogP contribution in [0.2, 0.25) is 0 Å². The predicted molar refractivity (Wildman–Crippen MR) is 75.9 cm³/mol. The Hall–Kier alpha value is -0.610. The number of esters is 1. The Morgan fingerprint density at radius 2 is 1.68 bits per heavy atom. The van der Waals surface area contributed by atoms with E-state index in [0.29, 0.717) is 12.8 Å². The topological polar surface area (TPSA) is 66.8 Å². The van der Waals surface area contributed by atoms with Gasteiger partial charge in [0.25, 0.3) is 0 Å². The molecule has 2 N–H and O–H groups in total. The van der Waals surface area contributed by atoms with Gasteiger partial charge in [-0.15, -0.1) is 0 Å². The van der Waals surface area contributed by atoms with E-state index in [2.05, 4.69) is 6.92 Å². The Bertz CT molecular complexity index is 206. The molecule has 0 radical (unpaired) electrons. The van der Waals surface area contributed by atoms with Crippen molar-refractivity contribution in [2.24, 2.45) is 0 Å². The SMILES string of the molecule is CCCCCCCCCC(O)CC(=O)OCCCO. The first-order chi connectivity index (χ1) is 9.20. The van der Waals surface area contributed by atoms with E-state index in [9.17, 15) is 9.90 Å². The maximum absolute atomic E-state index is 11.3. The van der Waals surface area contributed by atoms with Gasteiger partial charge in [0.05, 0.1) is 19.1 Å². The van der Waals surface area contributed by atoms with Crippen LogP contribution in [0.3, 0.4) is 0 Å². The zero-order valence-electron chi connectivity index (χ0n) is 12.3. The molecule has 19 heavy (non-hydrogen) atoms.